The smallest absolute Gasteiger partial charge is 0.0878 e. The molecule has 0 aromatic rings. The minimum Gasteiger partial charge on any atom is -0.501 e. The topological polar surface area (TPSA) is 18.5 Å². The first-order chi connectivity index (χ1) is 7.79. The molecular weight excluding hydrogens is 200 g/mol. The molecule has 0 unspecified atom stereocenters. The second kappa shape index (κ2) is 5.72. The Kier molecular flexibility index (Phi) is 4.28. The molecule has 1 aliphatic heterocycles. The lowest BCUT2D eigenvalue weighted by Gasteiger charge is -2.33. The average Bonchev–Trinajstić information content (AvgIpc) is 2.78. The van der Waals surface area contributed by atoms with Crippen LogP contribution in [-0.2, 0) is 9.47 Å². The summed E-state index contributed by atoms with van der Waals surface area (Å²) in [5.41, 5.74) is 1.96. The third kappa shape index (κ3) is 3.51. The van der Waals surface area contributed by atoms with Crippen molar-refractivity contribution in [2.75, 3.05) is 19.8 Å². The van der Waals surface area contributed by atoms with Crippen LogP contribution in [0.4, 0.5) is 0 Å². The summed E-state index contributed by atoms with van der Waals surface area (Å²) in [6.45, 7) is 5.09. The quantitative estimate of drug-likeness (QED) is 0.536. The first-order valence-electron chi connectivity index (χ1n) is 6.66. The van der Waals surface area contributed by atoms with Crippen molar-refractivity contribution in [2.24, 2.45) is 5.41 Å². The van der Waals surface area contributed by atoms with E-state index in [0.29, 0.717) is 5.41 Å². The van der Waals surface area contributed by atoms with Gasteiger partial charge in [-0.25, -0.2) is 0 Å². The van der Waals surface area contributed by atoms with Crippen LogP contribution in [-0.4, -0.2) is 19.8 Å². The van der Waals surface area contributed by atoms with Gasteiger partial charge in [-0.2, -0.15) is 0 Å². The highest BCUT2D eigenvalue weighted by atomic mass is 16.5. The lowest BCUT2D eigenvalue weighted by Crippen LogP contribution is -2.27. The summed E-state index contributed by atoms with van der Waals surface area (Å²) in [5.74, 6) is 0. The van der Waals surface area contributed by atoms with Gasteiger partial charge < -0.3 is 9.47 Å². The molecule has 1 saturated heterocycles. The van der Waals surface area contributed by atoms with E-state index in [2.05, 4.69) is 6.92 Å². The molecule has 0 N–H and O–H groups in total. The second-order valence-electron chi connectivity index (χ2n) is 5.53. The number of ether oxygens (including phenoxy) is 2. The Morgan fingerprint density at radius 2 is 1.94 bits per heavy atom. The van der Waals surface area contributed by atoms with Gasteiger partial charge in [-0.3, -0.25) is 0 Å². The van der Waals surface area contributed by atoms with Crippen molar-refractivity contribution >= 4 is 0 Å². The van der Waals surface area contributed by atoms with E-state index in [-0.39, 0.29) is 0 Å². The largest absolute Gasteiger partial charge is 0.501 e. The third-order valence-electron chi connectivity index (χ3n) is 4.02. The summed E-state index contributed by atoms with van der Waals surface area (Å²) in [4.78, 5) is 0. The van der Waals surface area contributed by atoms with Gasteiger partial charge in [-0.15, -0.1) is 0 Å². The molecule has 92 valence electrons. The Morgan fingerprint density at radius 3 is 2.62 bits per heavy atom. The van der Waals surface area contributed by atoms with Crippen molar-refractivity contribution < 1.29 is 9.47 Å². The molecule has 2 fully saturated rings. The Balaban J connectivity index is 1.64. The fourth-order valence-electron chi connectivity index (χ4n) is 2.54. The van der Waals surface area contributed by atoms with Crippen LogP contribution in [0.15, 0.2) is 11.8 Å². The van der Waals surface area contributed by atoms with Crippen LogP contribution in [0.2, 0.25) is 0 Å². The highest BCUT2D eigenvalue weighted by Gasteiger charge is 2.26. The first-order valence-corrected chi connectivity index (χ1v) is 6.66. The molecule has 0 aromatic heterocycles. The molecule has 2 aliphatic rings. The van der Waals surface area contributed by atoms with E-state index >= 15 is 0 Å². The van der Waals surface area contributed by atoms with Crippen molar-refractivity contribution in [1.29, 1.82) is 0 Å². The summed E-state index contributed by atoms with van der Waals surface area (Å²) in [5, 5.41) is 0. The van der Waals surface area contributed by atoms with E-state index in [0.717, 1.165) is 19.8 Å². The number of allylic oxidation sites excluding steroid dienone is 1. The maximum atomic E-state index is 5.68. The van der Waals surface area contributed by atoms with Crippen molar-refractivity contribution in [3.63, 3.8) is 0 Å². The van der Waals surface area contributed by atoms with Gasteiger partial charge in [0.15, 0.2) is 0 Å². The molecule has 0 aromatic carbocycles. The van der Waals surface area contributed by atoms with E-state index in [1.807, 2.05) is 6.26 Å². The van der Waals surface area contributed by atoms with E-state index < -0.39 is 0 Å². The summed E-state index contributed by atoms with van der Waals surface area (Å²) in [7, 11) is 0. The summed E-state index contributed by atoms with van der Waals surface area (Å²) in [6.07, 6.45) is 10.8. The first kappa shape index (κ1) is 12.0. The van der Waals surface area contributed by atoms with Gasteiger partial charge in [0.1, 0.15) is 0 Å². The minimum absolute atomic E-state index is 0.451. The van der Waals surface area contributed by atoms with Crippen molar-refractivity contribution in [3.8, 4) is 0 Å². The Labute approximate surface area is 99.0 Å². The minimum atomic E-state index is 0.451. The molecule has 2 heteroatoms. The van der Waals surface area contributed by atoms with E-state index in [1.165, 1.54) is 50.5 Å². The molecule has 1 saturated carbocycles. The van der Waals surface area contributed by atoms with Crippen molar-refractivity contribution in [1.82, 2.24) is 0 Å². The zero-order valence-electron chi connectivity index (χ0n) is 10.5. The standard InChI is InChI=1S/C14H24O2/c1-14(6-9-15-10-7-14)8-11-16-12-13-4-2-3-5-13/h12H,2-11H2,1H3. The molecule has 0 spiro atoms. The predicted molar refractivity (Wildman–Crippen MR) is 65.3 cm³/mol. The highest BCUT2D eigenvalue weighted by Crippen LogP contribution is 2.33. The SMILES string of the molecule is CC1(CCOC=C2CCCC2)CCOCC1. The van der Waals surface area contributed by atoms with Crippen molar-refractivity contribution in [2.45, 2.75) is 51.9 Å². The summed E-state index contributed by atoms with van der Waals surface area (Å²) >= 11 is 0. The van der Waals surface area contributed by atoms with Gasteiger partial charge in [0, 0.05) is 13.2 Å². The molecule has 2 rings (SSSR count). The number of hydrogen-bond donors (Lipinski definition) is 0. The third-order valence-corrected chi connectivity index (χ3v) is 4.02. The van der Waals surface area contributed by atoms with Crippen LogP contribution in [0, 0.1) is 5.41 Å². The molecule has 2 nitrogen and oxygen atoms in total. The molecule has 16 heavy (non-hydrogen) atoms. The fraction of sp³-hybridized carbons (Fsp3) is 0.857. The normalized spacial score (nSPS) is 24.4. The van der Waals surface area contributed by atoms with Crippen LogP contribution < -0.4 is 0 Å². The van der Waals surface area contributed by atoms with Gasteiger partial charge in [-0.05, 0) is 55.9 Å². The molecular formula is C14H24O2. The monoisotopic (exact) mass is 224 g/mol. The molecule has 1 aliphatic carbocycles. The maximum absolute atomic E-state index is 5.68. The van der Waals surface area contributed by atoms with Crippen LogP contribution in [0.3, 0.4) is 0 Å². The van der Waals surface area contributed by atoms with Crippen LogP contribution >= 0.6 is 0 Å². The fourth-order valence-corrected chi connectivity index (χ4v) is 2.54. The van der Waals surface area contributed by atoms with Gasteiger partial charge in [-0.1, -0.05) is 6.92 Å². The predicted octanol–water partition coefficient (Wildman–Crippen LogP) is 3.67. The highest BCUT2D eigenvalue weighted by molar-refractivity contribution is 5.02. The maximum Gasteiger partial charge on any atom is 0.0878 e. The van der Waals surface area contributed by atoms with Crippen LogP contribution in [0.1, 0.15) is 51.9 Å². The van der Waals surface area contributed by atoms with E-state index in [4.69, 9.17) is 9.47 Å². The van der Waals surface area contributed by atoms with Gasteiger partial charge in [0.25, 0.3) is 0 Å². The molecule has 0 radical (unpaired) electrons. The van der Waals surface area contributed by atoms with Crippen molar-refractivity contribution in [3.05, 3.63) is 11.8 Å². The molecule has 0 amide bonds. The summed E-state index contributed by atoms with van der Waals surface area (Å²) < 4.78 is 11.1. The summed E-state index contributed by atoms with van der Waals surface area (Å²) in [6, 6.07) is 0. The van der Waals surface area contributed by atoms with Gasteiger partial charge >= 0.3 is 0 Å². The van der Waals surface area contributed by atoms with E-state index in [9.17, 15) is 0 Å². The lowest BCUT2D eigenvalue weighted by atomic mass is 9.80. The second-order valence-corrected chi connectivity index (χ2v) is 5.53. The van der Waals surface area contributed by atoms with E-state index in [1.54, 1.807) is 0 Å². The lowest BCUT2D eigenvalue weighted by molar-refractivity contribution is 0.0107. The van der Waals surface area contributed by atoms with Crippen LogP contribution in [0.5, 0.6) is 0 Å². The Bertz CT molecular complexity index is 231. The Hall–Kier alpha value is -0.500. The van der Waals surface area contributed by atoms with Gasteiger partial charge in [0.2, 0.25) is 0 Å². The average molecular weight is 224 g/mol. The van der Waals surface area contributed by atoms with Crippen LogP contribution in [0.25, 0.3) is 0 Å². The Morgan fingerprint density at radius 1 is 1.25 bits per heavy atom. The molecule has 1 heterocycles. The zero-order chi connectivity index (χ0) is 11.3. The zero-order valence-corrected chi connectivity index (χ0v) is 10.5. The van der Waals surface area contributed by atoms with Gasteiger partial charge in [0.05, 0.1) is 12.9 Å². The molecule has 0 bridgehead atoms. The molecule has 0 atom stereocenters. The number of rotatable bonds is 4. The number of hydrogen-bond acceptors (Lipinski definition) is 2.